The molecule has 0 aliphatic carbocycles. The molecule has 0 aliphatic rings. The highest BCUT2D eigenvalue weighted by atomic mass is 19.1. The number of nitrogens with one attached hydrogen (secondary N) is 1. The van der Waals surface area contributed by atoms with E-state index in [0.717, 1.165) is 18.2 Å². The molecule has 0 bridgehead atoms. The van der Waals surface area contributed by atoms with E-state index < -0.39 is 23.4 Å². The SMILES string of the molecule is O=C(O)c1cccc(F)c1Nc1cc(F)cc(F)c1. The molecule has 6 heteroatoms. The van der Waals surface area contributed by atoms with Gasteiger partial charge < -0.3 is 10.4 Å². The van der Waals surface area contributed by atoms with Crippen molar-refractivity contribution in [2.45, 2.75) is 0 Å². The standard InChI is InChI=1S/C13H8F3NO2/c14-7-4-8(15)6-9(5-7)17-12-10(13(18)19)2-1-3-11(12)16/h1-6,17H,(H,18,19). The van der Waals surface area contributed by atoms with Gasteiger partial charge in [-0.25, -0.2) is 18.0 Å². The summed E-state index contributed by atoms with van der Waals surface area (Å²) in [5, 5.41) is 11.3. The second-order valence-electron chi connectivity index (χ2n) is 3.75. The van der Waals surface area contributed by atoms with Crippen molar-refractivity contribution in [2.24, 2.45) is 0 Å². The summed E-state index contributed by atoms with van der Waals surface area (Å²) in [5.41, 5.74) is -0.755. The van der Waals surface area contributed by atoms with Crippen molar-refractivity contribution in [3.63, 3.8) is 0 Å². The first-order chi connectivity index (χ1) is 8.97. The Hall–Kier alpha value is -2.50. The minimum atomic E-state index is -1.35. The Morgan fingerprint density at radius 3 is 2.26 bits per heavy atom. The fourth-order valence-corrected chi connectivity index (χ4v) is 1.60. The van der Waals surface area contributed by atoms with Crippen molar-refractivity contribution < 1.29 is 23.1 Å². The third-order valence-electron chi connectivity index (χ3n) is 2.38. The topological polar surface area (TPSA) is 49.3 Å². The molecule has 2 aromatic carbocycles. The van der Waals surface area contributed by atoms with Gasteiger partial charge in [-0.1, -0.05) is 6.07 Å². The summed E-state index contributed by atoms with van der Waals surface area (Å²) in [6, 6.07) is 5.98. The third kappa shape index (κ3) is 2.85. The smallest absolute Gasteiger partial charge is 0.337 e. The molecule has 98 valence electrons. The first kappa shape index (κ1) is 12.9. The van der Waals surface area contributed by atoms with Crippen LogP contribution >= 0.6 is 0 Å². The molecule has 0 atom stereocenters. The molecule has 0 unspecified atom stereocenters. The minimum absolute atomic E-state index is 0.0786. The monoisotopic (exact) mass is 267 g/mol. The number of benzene rings is 2. The van der Waals surface area contributed by atoms with Crippen molar-refractivity contribution in [3.8, 4) is 0 Å². The van der Waals surface area contributed by atoms with Gasteiger partial charge in [0, 0.05) is 11.8 Å². The Balaban J connectivity index is 2.45. The van der Waals surface area contributed by atoms with Crippen LogP contribution in [0, 0.1) is 17.5 Å². The van der Waals surface area contributed by atoms with Gasteiger partial charge >= 0.3 is 5.97 Å². The third-order valence-corrected chi connectivity index (χ3v) is 2.38. The first-order valence-electron chi connectivity index (χ1n) is 5.22. The lowest BCUT2D eigenvalue weighted by molar-refractivity contribution is 0.0697. The van der Waals surface area contributed by atoms with Crippen LogP contribution in [0.5, 0.6) is 0 Å². The molecule has 0 aromatic heterocycles. The zero-order chi connectivity index (χ0) is 14.0. The number of rotatable bonds is 3. The number of anilines is 2. The van der Waals surface area contributed by atoms with E-state index in [4.69, 9.17) is 5.11 Å². The molecule has 0 aliphatic heterocycles. The summed E-state index contributed by atoms with van der Waals surface area (Å²) < 4.78 is 39.6. The van der Waals surface area contributed by atoms with E-state index in [-0.39, 0.29) is 16.9 Å². The van der Waals surface area contributed by atoms with Crippen LogP contribution in [0.1, 0.15) is 10.4 Å². The average Bonchev–Trinajstić information content (AvgIpc) is 2.30. The predicted octanol–water partition coefficient (Wildman–Crippen LogP) is 3.55. The van der Waals surface area contributed by atoms with Gasteiger partial charge in [-0.3, -0.25) is 0 Å². The van der Waals surface area contributed by atoms with Gasteiger partial charge in [0.25, 0.3) is 0 Å². The largest absolute Gasteiger partial charge is 0.478 e. The molecule has 0 amide bonds. The number of carbonyl (C=O) groups is 1. The Bertz CT molecular complexity index is 624. The van der Waals surface area contributed by atoms with E-state index in [0.29, 0.717) is 6.07 Å². The number of aromatic carboxylic acids is 1. The average molecular weight is 267 g/mol. The van der Waals surface area contributed by atoms with Crippen LogP contribution in [-0.2, 0) is 0 Å². The molecule has 3 nitrogen and oxygen atoms in total. The van der Waals surface area contributed by atoms with E-state index in [1.807, 2.05) is 0 Å². The van der Waals surface area contributed by atoms with E-state index in [1.165, 1.54) is 12.1 Å². The van der Waals surface area contributed by atoms with Gasteiger partial charge in [0.1, 0.15) is 17.5 Å². The number of carboxylic acid groups (broad SMARTS) is 1. The first-order valence-corrected chi connectivity index (χ1v) is 5.22. The van der Waals surface area contributed by atoms with Crippen LogP contribution in [0.2, 0.25) is 0 Å². The normalized spacial score (nSPS) is 10.3. The summed E-state index contributed by atoms with van der Waals surface area (Å²) in [6.45, 7) is 0. The number of halogens is 3. The van der Waals surface area contributed by atoms with Crippen LogP contribution in [0.25, 0.3) is 0 Å². The van der Waals surface area contributed by atoms with Gasteiger partial charge in [-0.2, -0.15) is 0 Å². The lowest BCUT2D eigenvalue weighted by Crippen LogP contribution is -2.05. The van der Waals surface area contributed by atoms with Crippen molar-refractivity contribution in [3.05, 3.63) is 59.4 Å². The molecular weight excluding hydrogens is 259 g/mol. The Labute approximate surface area is 106 Å². The molecule has 2 aromatic rings. The molecule has 0 heterocycles. The Kier molecular flexibility index (Phi) is 3.41. The molecule has 0 saturated carbocycles. The maximum Gasteiger partial charge on any atom is 0.337 e. The fourth-order valence-electron chi connectivity index (χ4n) is 1.60. The zero-order valence-corrected chi connectivity index (χ0v) is 9.45. The second-order valence-corrected chi connectivity index (χ2v) is 3.75. The maximum absolute atomic E-state index is 13.6. The van der Waals surface area contributed by atoms with Gasteiger partial charge in [-0.05, 0) is 24.3 Å². The molecule has 0 fully saturated rings. The molecule has 19 heavy (non-hydrogen) atoms. The highest BCUT2D eigenvalue weighted by Crippen LogP contribution is 2.25. The lowest BCUT2D eigenvalue weighted by atomic mass is 10.1. The highest BCUT2D eigenvalue weighted by Gasteiger charge is 2.14. The van der Waals surface area contributed by atoms with Gasteiger partial charge in [0.2, 0.25) is 0 Å². The second kappa shape index (κ2) is 5.01. The van der Waals surface area contributed by atoms with Crippen LogP contribution < -0.4 is 5.32 Å². The van der Waals surface area contributed by atoms with Crippen molar-refractivity contribution >= 4 is 17.3 Å². The number of para-hydroxylation sites is 1. The summed E-state index contributed by atoms with van der Waals surface area (Å²) in [7, 11) is 0. The number of hydrogen-bond acceptors (Lipinski definition) is 2. The van der Waals surface area contributed by atoms with Gasteiger partial charge in [0.15, 0.2) is 0 Å². The molecular formula is C13H8F3NO2. The summed E-state index contributed by atoms with van der Waals surface area (Å²) >= 11 is 0. The zero-order valence-electron chi connectivity index (χ0n) is 9.45. The van der Waals surface area contributed by atoms with Crippen LogP contribution in [0.4, 0.5) is 24.5 Å². The highest BCUT2D eigenvalue weighted by molar-refractivity contribution is 5.95. The molecule has 2 N–H and O–H groups in total. The summed E-state index contributed by atoms with van der Waals surface area (Å²) in [5.74, 6) is -3.88. The van der Waals surface area contributed by atoms with Gasteiger partial charge in [-0.15, -0.1) is 0 Å². The summed E-state index contributed by atoms with van der Waals surface area (Å²) in [6.07, 6.45) is 0. The van der Waals surface area contributed by atoms with Crippen LogP contribution in [0.15, 0.2) is 36.4 Å². The van der Waals surface area contributed by atoms with Crippen molar-refractivity contribution in [1.82, 2.24) is 0 Å². The fraction of sp³-hybridized carbons (Fsp3) is 0. The van der Waals surface area contributed by atoms with Crippen molar-refractivity contribution in [2.75, 3.05) is 5.32 Å². The molecule has 0 radical (unpaired) electrons. The van der Waals surface area contributed by atoms with E-state index in [2.05, 4.69) is 5.32 Å². The summed E-state index contributed by atoms with van der Waals surface area (Å²) in [4.78, 5) is 10.9. The minimum Gasteiger partial charge on any atom is -0.478 e. The van der Waals surface area contributed by atoms with Gasteiger partial charge in [0.05, 0.1) is 11.3 Å². The maximum atomic E-state index is 13.6. The quantitative estimate of drug-likeness (QED) is 0.894. The lowest BCUT2D eigenvalue weighted by Gasteiger charge is -2.10. The van der Waals surface area contributed by atoms with E-state index in [1.54, 1.807) is 0 Å². The molecule has 0 spiro atoms. The Morgan fingerprint density at radius 1 is 1.05 bits per heavy atom. The predicted molar refractivity (Wildman–Crippen MR) is 63.0 cm³/mol. The number of carboxylic acids is 1. The van der Waals surface area contributed by atoms with E-state index >= 15 is 0 Å². The molecule has 2 rings (SSSR count). The van der Waals surface area contributed by atoms with E-state index in [9.17, 15) is 18.0 Å². The Morgan fingerprint density at radius 2 is 1.68 bits per heavy atom. The molecule has 0 saturated heterocycles. The van der Waals surface area contributed by atoms with Crippen LogP contribution in [-0.4, -0.2) is 11.1 Å². The van der Waals surface area contributed by atoms with Crippen LogP contribution in [0.3, 0.4) is 0 Å². The van der Waals surface area contributed by atoms with Crippen molar-refractivity contribution in [1.29, 1.82) is 0 Å². The number of hydrogen-bond donors (Lipinski definition) is 2.